The third kappa shape index (κ3) is 2.49. The zero-order valence-corrected chi connectivity index (χ0v) is 4.59. The molecule has 0 N–H and O–H groups in total. The topological polar surface area (TPSA) is 17.8 Å². The Bertz CT molecular complexity index is 116. The van der Waals surface area contributed by atoms with Crippen molar-refractivity contribution in [2.75, 3.05) is 0 Å². The molecule has 0 aliphatic carbocycles. The van der Waals surface area contributed by atoms with Gasteiger partial charge in [-0.2, -0.15) is 0 Å². The zero-order chi connectivity index (χ0) is 4.41. The molecule has 0 aliphatic rings. The third-order valence-corrected chi connectivity index (χ3v) is 0.892. The van der Waals surface area contributed by atoms with Crippen LogP contribution in [-0.2, 0) is 0 Å². The molecule has 0 radical (unpaired) electrons. The average molecular weight is 171 g/mol. The van der Waals surface area contributed by atoms with Crippen LogP contribution in [0, 0.1) is 0 Å². The van der Waals surface area contributed by atoms with Gasteiger partial charge in [0.05, 0.1) is 16.1 Å². The van der Waals surface area contributed by atoms with E-state index in [-0.39, 0.29) is 29.6 Å². The second-order valence-electron chi connectivity index (χ2n) is 0.907. The van der Waals surface area contributed by atoms with Crippen LogP contribution in [0.15, 0.2) is 18.7 Å². The maximum absolute atomic E-state index is 3.74. The van der Waals surface area contributed by atoms with E-state index in [0.717, 1.165) is 0 Å². The maximum atomic E-state index is 3.74. The van der Waals surface area contributed by atoms with Gasteiger partial charge in [0.1, 0.15) is 6.33 Å². The summed E-state index contributed by atoms with van der Waals surface area (Å²) in [6.45, 7) is 0. The van der Waals surface area contributed by atoms with Crippen molar-refractivity contribution in [3.8, 4) is 0 Å². The van der Waals surface area contributed by atoms with E-state index in [0.29, 0.717) is 0 Å². The molecule has 2 nitrogen and oxygen atoms in total. The number of hydrogen-bond acceptors (Lipinski definition) is 1. The molecule has 0 aromatic carbocycles. The summed E-state index contributed by atoms with van der Waals surface area (Å²) in [4.78, 5) is 3.74. The minimum absolute atomic E-state index is 0. The first-order valence-corrected chi connectivity index (χ1v) is 2.24. The molecule has 34 valence electrons. The molecule has 1 aromatic rings. The Labute approximate surface area is 72.6 Å². The van der Waals surface area contributed by atoms with Crippen LogP contribution in [-0.4, -0.2) is 38.1 Å². The van der Waals surface area contributed by atoms with Crippen LogP contribution in [0.2, 0.25) is 0 Å². The SMILES string of the molecule is Brn1ccnc1.[NaH]. The number of imidazole rings is 1. The van der Waals surface area contributed by atoms with Gasteiger partial charge in [-0.3, -0.25) is 3.59 Å². The molecule has 0 unspecified atom stereocenters. The monoisotopic (exact) mass is 170 g/mol. The van der Waals surface area contributed by atoms with Gasteiger partial charge < -0.3 is 0 Å². The Morgan fingerprint density at radius 3 is 2.43 bits per heavy atom. The van der Waals surface area contributed by atoms with Gasteiger partial charge in [-0.25, -0.2) is 4.98 Å². The van der Waals surface area contributed by atoms with Crippen molar-refractivity contribution in [2.45, 2.75) is 0 Å². The van der Waals surface area contributed by atoms with Gasteiger partial charge in [0, 0.05) is 12.4 Å². The Balaban J connectivity index is 0.000000360. The van der Waals surface area contributed by atoms with Gasteiger partial charge in [0.2, 0.25) is 0 Å². The number of nitrogens with zero attached hydrogens (tertiary/aromatic N) is 2. The van der Waals surface area contributed by atoms with Crippen molar-refractivity contribution in [3.05, 3.63) is 18.7 Å². The predicted molar refractivity (Wildman–Crippen MR) is 33.7 cm³/mol. The molecule has 0 amide bonds. The molecule has 0 bridgehead atoms. The molecule has 0 atom stereocenters. The molecular formula is C3H4BrN2Na. The number of hydrogen-bond donors (Lipinski definition) is 0. The quantitative estimate of drug-likeness (QED) is 0.516. The fraction of sp³-hybridized carbons (Fsp3) is 0. The normalized spacial score (nSPS) is 7.57. The predicted octanol–water partition coefficient (Wildman–Crippen LogP) is 0.393. The molecule has 0 aliphatic heterocycles. The van der Waals surface area contributed by atoms with Crippen LogP contribution < -0.4 is 0 Å². The first-order valence-electron chi connectivity index (χ1n) is 1.54. The summed E-state index contributed by atoms with van der Waals surface area (Å²) in [5.41, 5.74) is 0. The van der Waals surface area contributed by atoms with E-state index >= 15 is 0 Å². The molecule has 1 heterocycles. The number of aromatic nitrogens is 2. The molecule has 0 saturated heterocycles. The van der Waals surface area contributed by atoms with E-state index in [4.69, 9.17) is 0 Å². The van der Waals surface area contributed by atoms with E-state index in [1.165, 1.54) is 0 Å². The molecule has 7 heavy (non-hydrogen) atoms. The summed E-state index contributed by atoms with van der Waals surface area (Å²) in [6.07, 6.45) is 5.18. The van der Waals surface area contributed by atoms with Gasteiger partial charge in [-0.05, 0) is 0 Å². The molecule has 4 heteroatoms. The molecule has 0 spiro atoms. The second-order valence-corrected chi connectivity index (χ2v) is 1.73. The Morgan fingerprint density at radius 2 is 2.29 bits per heavy atom. The Kier molecular flexibility index (Phi) is 4.02. The summed E-state index contributed by atoms with van der Waals surface area (Å²) in [6, 6.07) is 0. The van der Waals surface area contributed by atoms with E-state index in [2.05, 4.69) is 21.1 Å². The fourth-order valence-corrected chi connectivity index (χ4v) is 0.454. The van der Waals surface area contributed by atoms with E-state index in [9.17, 15) is 0 Å². The summed E-state index contributed by atoms with van der Waals surface area (Å²) < 4.78 is 1.70. The van der Waals surface area contributed by atoms with Gasteiger partial charge in [-0.15, -0.1) is 0 Å². The Morgan fingerprint density at radius 1 is 1.57 bits per heavy atom. The first kappa shape index (κ1) is 7.69. The van der Waals surface area contributed by atoms with Crippen molar-refractivity contribution in [1.82, 2.24) is 8.58 Å². The second kappa shape index (κ2) is 3.66. The average Bonchev–Trinajstić information content (AvgIpc) is 1.86. The van der Waals surface area contributed by atoms with Crippen LogP contribution in [0.4, 0.5) is 0 Å². The minimum atomic E-state index is 0. The summed E-state index contributed by atoms with van der Waals surface area (Å²) in [7, 11) is 0. The molecular weight excluding hydrogens is 167 g/mol. The van der Waals surface area contributed by atoms with Gasteiger partial charge in [0.25, 0.3) is 0 Å². The van der Waals surface area contributed by atoms with E-state index in [1.807, 2.05) is 0 Å². The van der Waals surface area contributed by atoms with Crippen LogP contribution in [0.25, 0.3) is 0 Å². The molecule has 1 rings (SSSR count). The van der Waals surface area contributed by atoms with Gasteiger partial charge in [0.15, 0.2) is 0 Å². The first-order chi connectivity index (χ1) is 2.89. The Hall–Kier alpha value is 0.690. The standard InChI is InChI=1S/C3H3BrN2.Na.H/c4-6-2-1-5-3-6;;/h1-3H;;. The molecule has 0 fully saturated rings. The van der Waals surface area contributed by atoms with Crippen LogP contribution in [0.1, 0.15) is 0 Å². The fourth-order valence-electron chi connectivity index (χ4n) is 0.243. The zero-order valence-electron chi connectivity index (χ0n) is 3.00. The number of halogens is 1. The van der Waals surface area contributed by atoms with E-state index in [1.54, 1.807) is 22.3 Å². The van der Waals surface area contributed by atoms with E-state index < -0.39 is 0 Å². The third-order valence-electron chi connectivity index (χ3n) is 0.472. The number of rotatable bonds is 0. The van der Waals surface area contributed by atoms with Gasteiger partial charge in [-0.1, -0.05) is 0 Å². The molecule has 0 saturated carbocycles. The summed E-state index contributed by atoms with van der Waals surface area (Å²) >= 11 is 3.14. The van der Waals surface area contributed by atoms with Crippen molar-refractivity contribution < 1.29 is 0 Å². The van der Waals surface area contributed by atoms with Gasteiger partial charge >= 0.3 is 29.6 Å². The van der Waals surface area contributed by atoms with Crippen molar-refractivity contribution in [3.63, 3.8) is 0 Å². The summed E-state index contributed by atoms with van der Waals surface area (Å²) in [5.74, 6) is 0. The summed E-state index contributed by atoms with van der Waals surface area (Å²) in [5, 5.41) is 0. The molecule has 1 aromatic heterocycles. The van der Waals surface area contributed by atoms with Crippen LogP contribution in [0.3, 0.4) is 0 Å². The van der Waals surface area contributed by atoms with Crippen molar-refractivity contribution in [2.24, 2.45) is 0 Å². The van der Waals surface area contributed by atoms with Crippen molar-refractivity contribution in [1.29, 1.82) is 0 Å². The van der Waals surface area contributed by atoms with Crippen LogP contribution in [0.5, 0.6) is 0 Å². The van der Waals surface area contributed by atoms with Crippen molar-refractivity contribution >= 4 is 45.7 Å². The van der Waals surface area contributed by atoms with Crippen LogP contribution >= 0.6 is 16.1 Å².